The molecule has 0 saturated carbocycles. The first-order chi connectivity index (χ1) is 9.95. The van der Waals surface area contributed by atoms with Gasteiger partial charge in [-0.3, -0.25) is 4.79 Å². The first-order valence-electron chi connectivity index (χ1n) is 6.45. The van der Waals surface area contributed by atoms with Crippen LogP contribution in [0.5, 0.6) is 5.75 Å². The maximum Gasteiger partial charge on any atom is 0.265 e. The first kappa shape index (κ1) is 15.8. The molecule has 0 aliphatic carbocycles. The van der Waals surface area contributed by atoms with Crippen LogP contribution in [-0.2, 0) is 4.79 Å². The third-order valence-corrected chi connectivity index (χ3v) is 3.61. The zero-order valence-corrected chi connectivity index (χ0v) is 13.8. The minimum atomic E-state index is -0.672. The molecule has 5 heteroatoms. The van der Waals surface area contributed by atoms with Gasteiger partial charge in [-0.15, -0.1) is 0 Å². The summed E-state index contributed by atoms with van der Waals surface area (Å²) in [6, 6.07) is 11.4. The van der Waals surface area contributed by atoms with Crippen molar-refractivity contribution in [1.29, 1.82) is 0 Å². The lowest BCUT2D eigenvalue weighted by Gasteiger charge is -2.15. The standard InChI is InChI=1S/C16H15FINO2/c1-10-9-13(18)5-8-15(10)19-16(20)11(2)21-14-6-3-12(17)4-7-14/h3-9,11H,1-2H3,(H,19,20)/t11-/m0/s1. The first-order valence-corrected chi connectivity index (χ1v) is 7.53. The van der Waals surface area contributed by atoms with Crippen molar-refractivity contribution in [3.8, 4) is 5.75 Å². The Labute approximate surface area is 136 Å². The molecule has 0 unspecified atom stereocenters. The van der Waals surface area contributed by atoms with E-state index in [1.165, 1.54) is 24.3 Å². The van der Waals surface area contributed by atoms with Gasteiger partial charge in [0.25, 0.3) is 5.91 Å². The maximum absolute atomic E-state index is 12.8. The normalized spacial score (nSPS) is 11.8. The molecule has 21 heavy (non-hydrogen) atoms. The second-order valence-corrected chi connectivity index (χ2v) is 5.91. The average molecular weight is 399 g/mol. The van der Waals surface area contributed by atoms with Gasteiger partial charge in [0.2, 0.25) is 0 Å². The molecule has 0 saturated heterocycles. The number of carbonyl (C=O) groups is 1. The highest BCUT2D eigenvalue weighted by Crippen LogP contribution is 2.19. The molecule has 2 aromatic carbocycles. The molecule has 0 heterocycles. The topological polar surface area (TPSA) is 38.3 Å². The average Bonchev–Trinajstić information content (AvgIpc) is 2.44. The molecule has 0 radical (unpaired) electrons. The molecular formula is C16H15FINO2. The van der Waals surface area contributed by atoms with Gasteiger partial charge in [0, 0.05) is 9.26 Å². The van der Waals surface area contributed by atoms with Crippen LogP contribution in [0.25, 0.3) is 0 Å². The van der Waals surface area contributed by atoms with E-state index in [9.17, 15) is 9.18 Å². The molecule has 0 aliphatic rings. The number of amides is 1. The minimum absolute atomic E-state index is 0.247. The van der Waals surface area contributed by atoms with Gasteiger partial charge in [-0.2, -0.15) is 0 Å². The number of rotatable bonds is 4. The Morgan fingerprint density at radius 2 is 1.90 bits per heavy atom. The van der Waals surface area contributed by atoms with Gasteiger partial charge < -0.3 is 10.1 Å². The van der Waals surface area contributed by atoms with Gasteiger partial charge in [0.15, 0.2) is 6.10 Å². The van der Waals surface area contributed by atoms with Gasteiger partial charge in [0.1, 0.15) is 11.6 Å². The van der Waals surface area contributed by atoms with Crippen LogP contribution in [0.4, 0.5) is 10.1 Å². The van der Waals surface area contributed by atoms with E-state index in [-0.39, 0.29) is 11.7 Å². The van der Waals surface area contributed by atoms with Crippen LogP contribution < -0.4 is 10.1 Å². The summed E-state index contributed by atoms with van der Waals surface area (Å²) in [4.78, 5) is 12.1. The molecule has 1 amide bonds. The van der Waals surface area contributed by atoms with E-state index >= 15 is 0 Å². The monoisotopic (exact) mass is 399 g/mol. The van der Waals surface area contributed by atoms with Crippen molar-refractivity contribution < 1.29 is 13.9 Å². The van der Waals surface area contributed by atoms with Gasteiger partial charge in [0.05, 0.1) is 0 Å². The predicted molar refractivity (Wildman–Crippen MR) is 89.0 cm³/mol. The molecule has 0 aromatic heterocycles. The fourth-order valence-corrected chi connectivity index (χ4v) is 2.42. The van der Waals surface area contributed by atoms with Crippen LogP contribution in [0.15, 0.2) is 42.5 Å². The molecule has 1 N–H and O–H groups in total. The van der Waals surface area contributed by atoms with E-state index in [0.29, 0.717) is 5.75 Å². The van der Waals surface area contributed by atoms with E-state index in [0.717, 1.165) is 14.8 Å². The van der Waals surface area contributed by atoms with Gasteiger partial charge in [-0.05, 0) is 84.5 Å². The molecule has 0 spiro atoms. The quantitative estimate of drug-likeness (QED) is 0.785. The van der Waals surface area contributed by atoms with Crippen molar-refractivity contribution in [2.45, 2.75) is 20.0 Å². The van der Waals surface area contributed by atoms with Crippen molar-refractivity contribution in [2.24, 2.45) is 0 Å². The summed E-state index contributed by atoms with van der Waals surface area (Å²) in [6.45, 7) is 3.59. The second kappa shape index (κ2) is 6.89. The van der Waals surface area contributed by atoms with E-state index in [1.54, 1.807) is 6.92 Å². The zero-order chi connectivity index (χ0) is 15.4. The predicted octanol–water partition coefficient (Wildman–Crippen LogP) is 4.14. The third-order valence-electron chi connectivity index (χ3n) is 2.94. The minimum Gasteiger partial charge on any atom is -0.481 e. The number of nitrogens with one attached hydrogen (secondary N) is 1. The Hall–Kier alpha value is -1.63. The Bertz CT molecular complexity index is 643. The number of halogens is 2. The zero-order valence-electron chi connectivity index (χ0n) is 11.7. The smallest absolute Gasteiger partial charge is 0.265 e. The lowest BCUT2D eigenvalue weighted by Crippen LogP contribution is -2.30. The van der Waals surface area contributed by atoms with E-state index in [4.69, 9.17) is 4.74 Å². The van der Waals surface area contributed by atoms with Crippen molar-refractivity contribution >= 4 is 34.2 Å². The molecule has 0 aliphatic heterocycles. The van der Waals surface area contributed by atoms with Crippen LogP contribution >= 0.6 is 22.6 Å². The number of ether oxygens (including phenoxy) is 1. The number of hydrogen-bond donors (Lipinski definition) is 1. The van der Waals surface area contributed by atoms with Crippen LogP contribution in [-0.4, -0.2) is 12.0 Å². The summed E-state index contributed by atoms with van der Waals surface area (Å²) >= 11 is 2.22. The molecule has 110 valence electrons. The van der Waals surface area contributed by atoms with Gasteiger partial charge in [-0.1, -0.05) is 0 Å². The van der Waals surface area contributed by atoms with E-state index in [1.807, 2.05) is 25.1 Å². The van der Waals surface area contributed by atoms with Crippen LogP contribution in [0.2, 0.25) is 0 Å². The van der Waals surface area contributed by atoms with Crippen molar-refractivity contribution in [2.75, 3.05) is 5.32 Å². The van der Waals surface area contributed by atoms with E-state index in [2.05, 4.69) is 27.9 Å². The maximum atomic E-state index is 12.8. The van der Waals surface area contributed by atoms with Crippen LogP contribution in [0.1, 0.15) is 12.5 Å². The Morgan fingerprint density at radius 3 is 2.52 bits per heavy atom. The summed E-state index contributed by atoms with van der Waals surface area (Å²) in [6.07, 6.45) is -0.672. The van der Waals surface area contributed by atoms with Crippen LogP contribution in [0.3, 0.4) is 0 Å². The Morgan fingerprint density at radius 1 is 1.24 bits per heavy atom. The molecule has 0 fully saturated rings. The molecule has 1 atom stereocenters. The molecule has 0 bridgehead atoms. The largest absolute Gasteiger partial charge is 0.481 e. The molecule has 2 rings (SSSR count). The second-order valence-electron chi connectivity index (χ2n) is 4.66. The lowest BCUT2D eigenvalue weighted by atomic mass is 10.2. The summed E-state index contributed by atoms with van der Waals surface area (Å²) in [5, 5.41) is 2.83. The summed E-state index contributed by atoms with van der Waals surface area (Å²) in [7, 11) is 0. The summed E-state index contributed by atoms with van der Waals surface area (Å²) in [5.41, 5.74) is 1.75. The van der Waals surface area contributed by atoms with Gasteiger partial charge >= 0.3 is 0 Å². The molecular weight excluding hydrogens is 384 g/mol. The molecule has 2 aromatic rings. The van der Waals surface area contributed by atoms with Crippen molar-refractivity contribution in [1.82, 2.24) is 0 Å². The van der Waals surface area contributed by atoms with Crippen molar-refractivity contribution in [3.63, 3.8) is 0 Å². The van der Waals surface area contributed by atoms with E-state index < -0.39 is 6.10 Å². The van der Waals surface area contributed by atoms with Crippen LogP contribution in [0, 0.1) is 16.3 Å². The summed E-state index contributed by atoms with van der Waals surface area (Å²) < 4.78 is 19.4. The Balaban J connectivity index is 2.00. The third kappa shape index (κ3) is 4.42. The lowest BCUT2D eigenvalue weighted by molar-refractivity contribution is -0.122. The fraction of sp³-hybridized carbons (Fsp3) is 0.188. The number of aryl methyl sites for hydroxylation is 1. The number of anilines is 1. The highest BCUT2D eigenvalue weighted by atomic mass is 127. The fourth-order valence-electron chi connectivity index (χ4n) is 1.77. The number of carbonyl (C=O) groups excluding carboxylic acids is 1. The van der Waals surface area contributed by atoms with Gasteiger partial charge in [-0.25, -0.2) is 4.39 Å². The Kier molecular flexibility index (Phi) is 5.17. The number of hydrogen-bond acceptors (Lipinski definition) is 2. The van der Waals surface area contributed by atoms with Crippen molar-refractivity contribution in [3.05, 3.63) is 57.4 Å². The SMILES string of the molecule is Cc1cc(I)ccc1NC(=O)[C@H](C)Oc1ccc(F)cc1. The summed E-state index contributed by atoms with van der Waals surface area (Å²) in [5.74, 6) is -0.129. The molecule has 3 nitrogen and oxygen atoms in total. The number of benzene rings is 2. The highest BCUT2D eigenvalue weighted by molar-refractivity contribution is 14.1. The highest BCUT2D eigenvalue weighted by Gasteiger charge is 2.15.